The molecule has 2 aliphatic rings. The molecule has 3 unspecified atom stereocenters. The monoisotopic (exact) mass is 175 g/mol. The summed E-state index contributed by atoms with van der Waals surface area (Å²) in [6.07, 6.45) is 4.40. The van der Waals surface area contributed by atoms with Gasteiger partial charge < -0.3 is 5.32 Å². The molecule has 3 nitrogen and oxygen atoms in total. The first-order valence-corrected chi connectivity index (χ1v) is 4.88. The molecule has 0 aromatic carbocycles. The van der Waals surface area contributed by atoms with Crippen LogP contribution in [0.2, 0.25) is 0 Å². The third-order valence-corrected chi connectivity index (χ3v) is 3.19. The molecule has 2 fully saturated rings. The number of hydrogen-bond acceptors (Lipinski definition) is 3. The minimum atomic E-state index is 0.694. The number of aryl methyl sites for hydroxylation is 1. The average molecular weight is 175 g/mol. The van der Waals surface area contributed by atoms with Crippen LogP contribution in [0.5, 0.6) is 0 Å². The van der Waals surface area contributed by atoms with Gasteiger partial charge in [-0.2, -0.15) is 0 Å². The molecule has 0 amide bonds. The van der Waals surface area contributed by atoms with E-state index in [1.165, 1.54) is 12.8 Å². The second-order valence-corrected chi connectivity index (χ2v) is 4.19. The second-order valence-electron chi connectivity index (χ2n) is 4.19. The van der Waals surface area contributed by atoms with Crippen LogP contribution < -0.4 is 5.32 Å². The fourth-order valence-corrected chi connectivity index (χ4v) is 2.23. The fourth-order valence-electron chi connectivity index (χ4n) is 2.23. The molecule has 2 saturated carbocycles. The minimum Gasteiger partial charge on any atom is -0.367 e. The minimum absolute atomic E-state index is 0.694. The van der Waals surface area contributed by atoms with Crippen LogP contribution in [0.25, 0.3) is 0 Å². The first kappa shape index (κ1) is 7.30. The zero-order valence-corrected chi connectivity index (χ0v) is 7.70. The SMILES string of the molecule is Cc1cc(NC2CC3CC32)ncn1. The van der Waals surface area contributed by atoms with Gasteiger partial charge in [-0.15, -0.1) is 0 Å². The Hall–Kier alpha value is -1.12. The first-order chi connectivity index (χ1) is 6.33. The molecule has 0 aliphatic heterocycles. The first-order valence-electron chi connectivity index (χ1n) is 4.88. The maximum absolute atomic E-state index is 4.19. The summed E-state index contributed by atoms with van der Waals surface area (Å²) in [5.74, 6) is 2.98. The highest BCUT2D eigenvalue weighted by Crippen LogP contribution is 2.56. The van der Waals surface area contributed by atoms with Crippen LogP contribution in [0.3, 0.4) is 0 Å². The van der Waals surface area contributed by atoms with E-state index in [2.05, 4.69) is 15.3 Å². The van der Waals surface area contributed by atoms with Gasteiger partial charge in [-0.05, 0) is 31.6 Å². The van der Waals surface area contributed by atoms with Crippen LogP contribution in [-0.2, 0) is 0 Å². The molecule has 1 heterocycles. The van der Waals surface area contributed by atoms with Gasteiger partial charge in [0.05, 0.1) is 0 Å². The summed E-state index contributed by atoms with van der Waals surface area (Å²) >= 11 is 0. The lowest BCUT2D eigenvalue weighted by molar-refractivity contribution is 0.412. The Bertz CT molecular complexity index is 337. The molecular formula is C10H13N3. The molecular weight excluding hydrogens is 162 g/mol. The summed E-state index contributed by atoms with van der Waals surface area (Å²) in [5.41, 5.74) is 1.03. The van der Waals surface area contributed by atoms with Crippen molar-refractivity contribution in [2.45, 2.75) is 25.8 Å². The molecule has 1 aromatic heterocycles. The van der Waals surface area contributed by atoms with E-state index in [0.29, 0.717) is 6.04 Å². The smallest absolute Gasteiger partial charge is 0.129 e. The van der Waals surface area contributed by atoms with Crippen molar-refractivity contribution in [2.24, 2.45) is 11.8 Å². The van der Waals surface area contributed by atoms with Crippen LogP contribution in [0, 0.1) is 18.8 Å². The van der Waals surface area contributed by atoms with Crippen molar-refractivity contribution < 1.29 is 0 Å². The summed E-state index contributed by atoms with van der Waals surface area (Å²) < 4.78 is 0. The number of anilines is 1. The Labute approximate surface area is 77.6 Å². The number of rotatable bonds is 2. The van der Waals surface area contributed by atoms with Crippen LogP contribution in [-0.4, -0.2) is 16.0 Å². The third-order valence-electron chi connectivity index (χ3n) is 3.19. The zero-order valence-electron chi connectivity index (χ0n) is 7.70. The van der Waals surface area contributed by atoms with E-state index in [1.807, 2.05) is 13.0 Å². The van der Waals surface area contributed by atoms with Crippen LogP contribution in [0.1, 0.15) is 18.5 Å². The predicted molar refractivity (Wildman–Crippen MR) is 50.4 cm³/mol. The lowest BCUT2D eigenvalue weighted by Crippen LogP contribution is -2.31. The highest BCUT2D eigenvalue weighted by atomic mass is 15.1. The van der Waals surface area contributed by atoms with E-state index in [1.54, 1.807) is 6.33 Å². The molecule has 0 saturated heterocycles. The summed E-state index contributed by atoms with van der Waals surface area (Å²) in [5, 5.41) is 3.46. The van der Waals surface area contributed by atoms with Gasteiger partial charge in [0.1, 0.15) is 12.1 Å². The van der Waals surface area contributed by atoms with Crippen molar-refractivity contribution in [1.82, 2.24) is 9.97 Å². The summed E-state index contributed by atoms with van der Waals surface area (Å²) in [6.45, 7) is 1.99. The van der Waals surface area contributed by atoms with Gasteiger partial charge in [-0.25, -0.2) is 9.97 Å². The predicted octanol–water partition coefficient (Wildman–Crippen LogP) is 1.61. The number of aromatic nitrogens is 2. The number of hydrogen-bond donors (Lipinski definition) is 1. The second kappa shape index (κ2) is 2.44. The van der Waals surface area contributed by atoms with Crippen molar-refractivity contribution in [3.63, 3.8) is 0 Å². The third kappa shape index (κ3) is 1.19. The fraction of sp³-hybridized carbons (Fsp3) is 0.600. The molecule has 3 rings (SSSR count). The van der Waals surface area contributed by atoms with Crippen molar-refractivity contribution in [2.75, 3.05) is 5.32 Å². The van der Waals surface area contributed by atoms with E-state index in [-0.39, 0.29) is 0 Å². The van der Waals surface area contributed by atoms with Crippen LogP contribution in [0.4, 0.5) is 5.82 Å². The maximum atomic E-state index is 4.19. The van der Waals surface area contributed by atoms with Gasteiger partial charge in [0.25, 0.3) is 0 Å². The molecule has 3 atom stereocenters. The average Bonchev–Trinajstić information content (AvgIpc) is 2.73. The zero-order chi connectivity index (χ0) is 8.84. The molecule has 3 heteroatoms. The Morgan fingerprint density at radius 3 is 2.92 bits per heavy atom. The van der Waals surface area contributed by atoms with E-state index in [4.69, 9.17) is 0 Å². The van der Waals surface area contributed by atoms with Gasteiger partial charge in [0.15, 0.2) is 0 Å². The highest BCUT2D eigenvalue weighted by Gasteiger charge is 2.53. The van der Waals surface area contributed by atoms with E-state index >= 15 is 0 Å². The van der Waals surface area contributed by atoms with Gasteiger partial charge in [0.2, 0.25) is 0 Å². The summed E-state index contributed by atoms with van der Waals surface area (Å²) in [6, 6.07) is 2.70. The number of nitrogens with one attached hydrogen (secondary N) is 1. The standard InChI is InChI=1S/C10H13N3/c1-6-2-10(12-5-11-6)13-9-4-7-3-8(7)9/h2,5,7-9H,3-4H2,1H3,(H,11,12,13). The summed E-state index contributed by atoms with van der Waals surface area (Å²) in [7, 11) is 0. The van der Waals surface area contributed by atoms with E-state index in [9.17, 15) is 0 Å². The van der Waals surface area contributed by atoms with Crippen molar-refractivity contribution in [3.05, 3.63) is 18.1 Å². The Balaban J connectivity index is 1.71. The van der Waals surface area contributed by atoms with E-state index < -0.39 is 0 Å². The molecule has 0 bridgehead atoms. The van der Waals surface area contributed by atoms with Crippen LogP contribution in [0.15, 0.2) is 12.4 Å². The maximum Gasteiger partial charge on any atom is 0.129 e. The van der Waals surface area contributed by atoms with Crippen molar-refractivity contribution in [3.8, 4) is 0 Å². The lowest BCUT2D eigenvalue weighted by atomic mass is 9.93. The molecule has 68 valence electrons. The molecule has 1 aromatic rings. The summed E-state index contributed by atoms with van der Waals surface area (Å²) in [4.78, 5) is 8.26. The van der Waals surface area contributed by atoms with Gasteiger partial charge in [-0.3, -0.25) is 0 Å². The van der Waals surface area contributed by atoms with Crippen LogP contribution >= 0.6 is 0 Å². The van der Waals surface area contributed by atoms with Gasteiger partial charge >= 0.3 is 0 Å². The molecule has 0 radical (unpaired) electrons. The molecule has 2 aliphatic carbocycles. The van der Waals surface area contributed by atoms with Gasteiger partial charge in [0, 0.05) is 17.8 Å². The Kier molecular flexibility index (Phi) is 1.37. The Morgan fingerprint density at radius 1 is 1.38 bits per heavy atom. The molecule has 13 heavy (non-hydrogen) atoms. The lowest BCUT2D eigenvalue weighted by Gasteiger charge is -2.26. The largest absolute Gasteiger partial charge is 0.367 e. The molecule has 0 spiro atoms. The quantitative estimate of drug-likeness (QED) is 0.742. The van der Waals surface area contributed by atoms with Gasteiger partial charge in [-0.1, -0.05) is 0 Å². The topological polar surface area (TPSA) is 37.8 Å². The number of nitrogens with zero attached hydrogens (tertiary/aromatic N) is 2. The normalized spacial score (nSPS) is 34.7. The van der Waals surface area contributed by atoms with E-state index in [0.717, 1.165) is 23.3 Å². The van der Waals surface area contributed by atoms with Crippen molar-refractivity contribution >= 4 is 5.82 Å². The van der Waals surface area contributed by atoms with Crippen molar-refractivity contribution in [1.29, 1.82) is 0 Å². The Morgan fingerprint density at radius 2 is 2.31 bits per heavy atom. The molecule has 1 N–H and O–H groups in total. The highest BCUT2D eigenvalue weighted by molar-refractivity contribution is 5.38. The number of fused-ring (bicyclic) bond motifs is 1.